The minimum atomic E-state index is 0.233. The fourth-order valence-electron chi connectivity index (χ4n) is 1.98. The van der Waals surface area contributed by atoms with Gasteiger partial charge in [-0.2, -0.15) is 0 Å². The summed E-state index contributed by atoms with van der Waals surface area (Å²) in [5, 5.41) is 1.12. The van der Waals surface area contributed by atoms with E-state index < -0.39 is 0 Å². The molecule has 1 aromatic carbocycles. The van der Waals surface area contributed by atoms with E-state index in [0.29, 0.717) is 0 Å². The Hall–Kier alpha value is -1.90. The van der Waals surface area contributed by atoms with Crippen molar-refractivity contribution in [3.05, 3.63) is 42.1 Å². The van der Waals surface area contributed by atoms with Crippen molar-refractivity contribution in [3.63, 3.8) is 0 Å². The normalized spacial score (nSPS) is 19.1. The summed E-state index contributed by atoms with van der Waals surface area (Å²) in [6.45, 7) is 2.88. The smallest absolute Gasteiger partial charge is 0.218 e. The van der Waals surface area contributed by atoms with E-state index in [1.54, 1.807) is 0 Å². The van der Waals surface area contributed by atoms with Crippen LogP contribution in [0, 0.1) is 0 Å². The molecule has 2 heterocycles. The number of nitrogens with zero attached hydrogens (tertiary/aromatic N) is 2. The van der Waals surface area contributed by atoms with Crippen LogP contribution in [0.25, 0.3) is 10.9 Å². The van der Waals surface area contributed by atoms with Gasteiger partial charge in [0.15, 0.2) is 0 Å². The molecular weight excluding hydrogens is 212 g/mol. The molecule has 17 heavy (non-hydrogen) atoms. The van der Waals surface area contributed by atoms with Gasteiger partial charge in [-0.05, 0) is 18.6 Å². The number of para-hydroxylation sites is 1. The number of hydrogen-bond acceptors (Lipinski definition) is 3. The van der Waals surface area contributed by atoms with Crippen LogP contribution >= 0.6 is 0 Å². The fraction of sp³-hybridized carbons (Fsp3) is 0.286. The van der Waals surface area contributed by atoms with Crippen molar-refractivity contribution in [1.29, 1.82) is 0 Å². The van der Waals surface area contributed by atoms with Crippen LogP contribution in [0.3, 0.4) is 0 Å². The highest BCUT2D eigenvalue weighted by Crippen LogP contribution is 2.17. The topological polar surface area (TPSA) is 34.5 Å². The van der Waals surface area contributed by atoms with Crippen molar-refractivity contribution in [3.8, 4) is 0 Å². The standard InChI is InChI=1S/C14H14N2O/c1-2-12-9-16-14(17-12)11-7-10-5-3-4-6-13(10)15-8-11/h3-8,12H,2,9H2,1H3. The van der Waals surface area contributed by atoms with E-state index in [9.17, 15) is 0 Å². The van der Waals surface area contributed by atoms with Crippen LogP contribution in [0.4, 0.5) is 0 Å². The summed E-state index contributed by atoms with van der Waals surface area (Å²) in [5.41, 5.74) is 1.97. The summed E-state index contributed by atoms with van der Waals surface area (Å²) in [6.07, 6.45) is 3.06. The van der Waals surface area contributed by atoms with E-state index in [0.717, 1.165) is 35.3 Å². The highest BCUT2D eigenvalue weighted by molar-refractivity contribution is 5.97. The molecule has 2 aromatic rings. The van der Waals surface area contributed by atoms with Crippen LogP contribution in [0.2, 0.25) is 0 Å². The molecule has 0 N–H and O–H groups in total. The SMILES string of the molecule is CCC1CN=C(c2cnc3ccccc3c2)O1. The summed E-state index contributed by atoms with van der Waals surface area (Å²) >= 11 is 0. The molecule has 1 unspecified atom stereocenters. The molecule has 0 amide bonds. The zero-order valence-corrected chi connectivity index (χ0v) is 9.76. The molecule has 0 saturated heterocycles. The second kappa shape index (κ2) is 4.17. The molecule has 1 aromatic heterocycles. The first-order valence-corrected chi connectivity index (χ1v) is 5.93. The van der Waals surface area contributed by atoms with E-state index in [2.05, 4.69) is 29.0 Å². The Bertz CT molecular complexity index is 577. The summed E-state index contributed by atoms with van der Waals surface area (Å²) < 4.78 is 5.76. The molecule has 1 aliphatic heterocycles. The predicted octanol–water partition coefficient (Wildman–Crippen LogP) is 2.79. The van der Waals surface area contributed by atoms with Gasteiger partial charge in [-0.1, -0.05) is 25.1 Å². The maximum atomic E-state index is 5.76. The van der Waals surface area contributed by atoms with Crippen molar-refractivity contribution in [2.45, 2.75) is 19.4 Å². The van der Waals surface area contributed by atoms with Crippen LogP contribution in [0.1, 0.15) is 18.9 Å². The number of pyridine rings is 1. The number of aliphatic imine (C=N–C) groups is 1. The van der Waals surface area contributed by atoms with Gasteiger partial charge in [0.05, 0.1) is 17.6 Å². The quantitative estimate of drug-likeness (QED) is 0.789. The predicted molar refractivity (Wildman–Crippen MR) is 68.3 cm³/mol. The highest BCUT2D eigenvalue weighted by atomic mass is 16.5. The third-order valence-electron chi connectivity index (χ3n) is 3.01. The van der Waals surface area contributed by atoms with E-state index in [-0.39, 0.29) is 6.10 Å². The van der Waals surface area contributed by atoms with Crippen molar-refractivity contribution < 1.29 is 4.74 Å². The molecule has 0 saturated carbocycles. The van der Waals surface area contributed by atoms with Gasteiger partial charge in [-0.25, -0.2) is 4.99 Å². The summed E-state index contributed by atoms with van der Waals surface area (Å²) in [7, 11) is 0. The monoisotopic (exact) mass is 226 g/mol. The Morgan fingerprint density at radius 1 is 1.35 bits per heavy atom. The van der Waals surface area contributed by atoms with Gasteiger partial charge in [0.25, 0.3) is 0 Å². The van der Waals surface area contributed by atoms with Crippen LogP contribution in [0.5, 0.6) is 0 Å². The zero-order chi connectivity index (χ0) is 11.7. The van der Waals surface area contributed by atoms with Gasteiger partial charge in [0.1, 0.15) is 6.10 Å². The number of rotatable bonds is 2. The van der Waals surface area contributed by atoms with Crippen molar-refractivity contribution in [2.24, 2.45) is 4.99 Å². The molecule has 3 heteroatoms. The van der Waals surface area contributed by atoms with E-state index >= 15 is 0 Å². The Kier molecular flexibility index (Phi) is 2.52. The molecule has 86 valence electrons. The number of fused-ring (bicyclic) bond motifs is 1. The second-order valence-electron chi connectivity index (χ2n) is 4.21. The number of hydrogen-bond donors (Lipinski definition) is 0. The van der Waals surface area contributed by atoms with Crippen LogP contribution < -0.4 is 0 Å². The van der Waals surface area contributed by atoms with Gasteiger partial charge in [-0.3, -0.25) is 4.98 Å². The second-order valence-corrected chi connectivity index (χ2v) is 4.21. The van der Waals surface area contributed by atoms with Crippen LogP contribution in [-0.2, 0) is 4.74 Å². The lowest BCUT2D eigenvalue weighted by Crippen LogP contribution is -2.12. The van der Waals surface area contributed by atoms with Gasteiger partial charge in [0.2, 0.25) is 5.90 Å². The van der Waals surface area contributed by atoms with Crippen LogP contribution in [0.15, 0.2) is 41.5 Å². The summed E-state index contributed by atoms with van der Waals surface area (Å²) in [4.78, 5) is 8.84. The van der Waals surface area contributed by atoms with Crippen molar-refractivity contribution >= 4 is 16.8 Å². The minimum Gasteiger partial charge on any atom is -0.472 e. The average molecular weight is 226 g/mol. The van der Waals surface area contributed by atoms with Crippen molar-refractivity contribution in [1.82, 2.24) is 4.98 Å². The van der Waals surface area contributed by atoms with Gasteiger partial charge in [-0.15, -0.1) is 0 Å². The third kappa shape index (κ3) is 1.88. The third-order valence-corrected chi connectivity index (χ3v) is 3.01. The molecule has 0 radical (unpaired) electrons. The van der Waals surface area contributed by atoms with E-state index in [1.165, 1.54) is 0 Å². The molecule has 0 spiro atoms. The molecule has 0 fully saturated rings. The van der Waals surface area contributed by atoms with Crippen molar-refractivity contribution in [2.75, 3.05) is 6.54 Å². The number of ether oxygens (including phenoxy) is 1. The molecule has 3 rings (SSSR count). The lowest BCUT2D eigenvalue weighted by atomic mass is 10.1. The number of aromatic nitrogens is 1. The molecule has 0 aliphatic carbocycles. The largest absolute Gasteiger partial charge is 0.472 e. The summed E-state index contributed by atoms with van der Waals surface area (Å²) in [6, 6.07) is 10.1. The van der Waals surface area contributed by atoms with E-state index in [1.807, 2.05) is 24.4 Å². The minimum absolute atomic E-state index is 0.233. The molecule has 1 aliphatic rings. The summed E-state index contributed by atoms with van der Waals surface area (Å²) in [5.74, 6) is 0.732. The highest BCUT2D eigenvalue weighted by Gasteiger charge is 2.19. The zero-order valence-electron chi connectivity index (χ0n) is 9.76. The Labute approximate surface area is 100 Å². The fourth-order valence-corrected chi connectivity index (χ4v) is 1.98. The van der Waals surface area contributed by atoms with E-state index in [4.69, 9.17) is 4.74 Å². The average Bonchev–Trinajstić information content (AvgIpc) is 2.87. The van der Waals surface area contributed by atoms with Gasteiger partial charge >= 0.3 is 0 Å². The Morgan fingerprint density at radius 2 is 2.24 bits per heavy atom. The Morgan fingerprint density at radius 3 is 3.06 bits per heavy atom. The lowest BCUT2D eigenvalue weighted by Gasteiger charge is -2.08. The maximum Gasteiger partial charge on any atom is 0.218 e. The molecular formula is C14H14N2O. The molecule has 0 bridgehead atoms. The molecule has 1 atom stereocenters. The van der Waals surface area contributed by atoms with Gasteiger partial charge < -0.3 is 4.74 Å². The Balaban J connectivity index is 1.96. The first kappa shape index (κ1) is 10.3. The molecule has 3 nitrogen and oxygen atoms in total. The first-order chi connectivity index (χ1) is 8.36. The maximum absolute atomic E-state index is 5.76. The van der Waals surface area contributed by atoms with Gasteiger partial charge in [0, 0.05) is 11.6 Å². The van der Waals surface area contributed by atoms with Crippen LogP contribution in [-0.4, -0.2) is 23.5 Å². The first-order valence-electron chi connectivity index (χ1n) is 5.93. The number of benzene rings is 1. The lowest BCUT2D eigenvalue weighted by molar-refractivity contribution is 0.220.